The van der Waals surface area contributed by atoms with Crippen LogP contribution in [0.15, 0.2) is 4.52 Å². The normalized spacial score (nSPS) is 19.9. The Balaban J connectivity index is 2.23. The van der Waals surface area contributed by atoms with Crippen molar-refractivity contribution < 1.29 is 9.26 Å². The van der Waals surface area contributed by atoms with Crippen LogP contribution in [0, 0.1) is 5.92 Å². The zero-order valence-electron chi connectivity index (χ0n) is 13.8. The first kappa shape index (κ1) is 16.4. The second-order valence-corrected chi connectivity index (χ2v) is 6.36. The van der Waals surface area contributed by atoms with Crippen molar-refractivity contribution in [3.05, 3.63) is 11.7 Å². The van der Waals surface area contributed by atoms with Crippen LogP contribution in [0.5, 0.6) is 0 Å². The molecule has 1 aromatic rings. The Labute approximate surface area is 127 Å². The molecule has 1 saturated heterocycles. The Morgan fingerprint density at radius 1 is 1.29 bits per heavy atom. The fourth-order valence-corrected chi connectivity index (χ4v) is 3.27. The van der Waals surface area contributed by atoms with Gasteiger partial charge in [0, 0.05) is 6.61 Å². The minimum absolute atomic E-state index is 0.0546. The van der Waals surface area contributed by atoms with Crippen LogP contribution in [0.2, 0.25) is 0 Å². The van der Waals surface area contributed by atoms with Crippen LogP contribution in [0.4, 0.5) is 0 Å². The zero-order valence-corrected chi connectivity index (χ0v) is 13.8. The third-order valence-corrected chi connectivity index (χ3v) is 4.39. The van der Waals surface area contributed by atoms with Crippen LogP contribution in [-0.2, 0) is 10.2 Å². The predicted octanol–water partition coefficient (Wildman–Crippen LogP) is 3.22. The van der Waals surface area contributed by atoms with Crippen LogP contribution in [-0.4, -0.2) is 29.8 Å². The van der Waals surface area contributed by atoms with E-state index in [1.165, 1.54) is 0 Å². The lowest BCUT2D eigenvalue weighted by molar-refractivity contribution is 0.0217. The lowest BCUT2D eigenvalue weighted by atomic mass is 9.75. The molecule has 2 rings (SSSR count). The molecule has 1 atom stereocenters. The minimum Gasteiger partial charge on any atom is -0.370 e. The SMILES string of the molecule is CCCC1(c2nc(C(OCC)C(C)C)no2)CCNCC1. The van der Waals surface area contributed by atoms with E-state index >= 15 is 0 Å². The van der Waals surface area contributed by atoms with Crippen molar-refractivity contribution in [2.75, 3.05) is 19.7 Å². The molecule has 0 saturated carbocycles. The van der Waals surface area contributed by atoms with Crippen LogP contribution >= 0.6 is 0 Å². The van der Waals surface area contributed by atoms with Crippen LogP contribution in [0.1, 0.15) is 71.2 Å². The summed E-state index contributed by atoms with van der Waals surface area (Å²) in [5.74, 6) is 1.85. The monoisotopic (exact) mass is 295 g/mol. The molecule has 1 unspecified atom stereocenters. The standard InChI is InChI=1S/C16H29N3O2/c1-5-7-16(8-10-17-11-9-16)15-18-14(19-21-15)13(12(3)4)20-6-2/h12-13,17H,5-11H2,1-4H3. The molecule has 1 fully saturated rings. The van der Waals surface area contributed by atoms with Gasteiger partial charge in [0.05, 0.1) is 5.41 Å². The minimum atomic E-state index is -0.0760. The van der Waals surface area contributed by atoms with E-state index < -0.39 is 0 Å². The van der Waals surface area contributed by atoms with E-state index in [1.807, 2.05) is 6.92 Å². The van der Waals surface area contributed by atoms with Gasteiger partial charge in [-0.15, -0.1) is 0 Å². The fourth-order valence-electron chi connectivity index (χ4n) is 3.27. The lowest BCUT2D eigenvalue weighted by Crippen LogP contribution is -2.40. The van der Waals surface area contributed by atoms with Gasteiger partial charge in [0.25, 0.3) is 0 Å². The molecule has 0 aliphatic carbocycles. The number of aromatic nitrogens is 2. The maximum Gasteiger partial charge on any atom is 0.233 e. The van der Waals surface area contributed by atoms with Gasteiger partial charge in [-0.3, -0.25) is 0 Å². The van der Waals surface area contributed by atoms with Crippen molar-refractivity contribution in [3.8, 4) is 0 Å². The first-order valence-electron chi connectivity index (χ1n) is 8.29. The highest BCUT2D eigenvalue weighted by atomic mass is 16.5. The summed E-state index contributed by atoms with van der Waals surface area (Å²) in [6, 6.07) is 0. The molecule has 1 N–H and O–H groups in total. The summed E-state index contributed by atoms with van der Waals surface area (Å²) in [4.78, 5) is 4.73. The number of nitrogens with zero attached hydrogens (tertiary/aromatic N) is 2. The van der Waals surface area contributed by atoms with Crippen molar-refractivity contribution >= 4 is 0 Å². The summed E-state index contributed by atoms with van der Waals surface area (Å²) in [7, 11) is 0. The Kier molecular flexibility index (Phi) is 5.76. The number of hydrogen-bond donors (Lipinski definition) is 1. The van der Waals surface area contributed by atoms with Crippen molar-refractivity contribution in [1.29, 1.82) is 0 Å². The molecule has 1 aromatic heterocycles. The molecular weight excluding hydrogens is 266 g/mol. The van der Waals surface area contributed by atoms with Crippen molar-refractivity contribution in [3.63, 3.8) is 0 Å². The Morgan fingerprint density at radius 2 is 2.00 bits per heavy atom. The first-order valence-corrected chi connectivity index (χ1v) is 8.29. The topological polar surface area (TPSA) is 60.2 Å². The zero-order chi connectivity index (χ0) is 15.3. The molecule has 0 spiro atoms. The molecule has 5 heteroatoms. The Hall–Kier alpha value is -0.940. The van der Waals surface area contributed by atoms with Crippen molar-refractivity contribution in [2.45, 2.75) is 64.9 Å². The van der Waals surface area contributed by atoms with Gasteiger partial charge in [-0.2, -0.15) is 4.98 Å². The van der Waals surface area contributed by atoms with Crippen LogP contribution in [0.3, 0.4) is 0 Å². The van der Waals surface area contributed by atoms with Gasteiger partial charge < -0.3 is 14.6 Å². The number of rotatable bonds is 7. The molecule has 1 aliphatic rings. The smallest absolute Gasteiger partial charge is 0.233 e. The second-order valence-electron chi connectivity index (χ2n) is 6.36. The third kappa shape index (κ3) is 3.64. The van der Waals surface area contributed by atoms with Crippen molar-refractivity contribution in [1.82, 2.24) is 15.5 Å². The van der Waals surface area contributed by atoms with E-state index in [1.54, 1.807) is 0 Å². The largest absolute Gasteiger partial charge is 0.370 e. The van der Waals surface area contributed by atoms with Gasteiger partial charge in [-0.25, -0.2) is 0 Å². The number of nitrogens with one attached hydrogen (secondary N) is 1. The van der Waals surface area contributed by atoms with E-state index in [2.05, 4.69) is 31.2 Å². The summed E-state index contributed by atoms with van der Waals surface area (Å²) in [5.41, 5.74) is 0.0546. The maximum absolute atomic E-state index is 5.79. The molecule has 0 radical (unpaired) electrons. The molecule has 0 bridgehead atoms. The molecule has 2 heterocycles. The van der Waals surface area contributed by atoms with Gasteiger partial charge in [0.15, 0.2) is 0 Å². The summed E-state index contributed by atoms with van der Waals surface area (Å²) >= 11 is 0. The molecule has 120 valence electrons. The highest BCUT2D eigenvalue weighted by Crippen LogP contribution is 2.37. The average Bonchev–Trinajstić information content (AvgIpc) is 2.96. The highest BCUT2D eigenvalue weighted by Gasteiger charge is 2.39. The summed E-state index contributed by atoms with van der Waals surface area (Å²) < 4.78 is 11.5. The molecule has 1 aliphatic heterocycles. The number of piperidine rings is 1. The second kappa shape index (κ2) is 7.36. The van der Waals surface area contributed by atoms with Crippen LogP contribution in [0.25, 0.3) is 0 Å². The molecule has 0 aromatic carbocycles. The Bertz CT molecular complexity index is 419. The van der Waals surface area contributed by atoms with Gasteiger partial charge >= 0.3 is 0 Å². The summed E-state index contributed by atoms with van der Waals surface area (Å²) in [6.07, 6.45) is 4.31. The lowest BCUT2D eigenvalue weighted by Gasteiger charge is -2.34. The molecule has 0 amide bonds. The quantitative estimate of drug-likeness (QED) is 0.837. The van der Waals surface area contributed by atoms with E-state index in [0.717, 1.165) is 44.7 Å². The van der Waals surface area contributed by atoms with E-state index in [9.17, 15) is 0 Å². The fraction of sp³-hybridized carbons (Fsp3) is 0.875. The maximum atomic E-state index is 5.79. The average molecular weight is 295 g/mol. The predicted molar refractivity (Wildman–Crippen MR) is 82.2 cm³/mol. The van der Waals surface area contributed by atoms with Gasteiger partial charge in [-0.1, -0.05) is 32.3 Å². The van der Waals surface area contributed by atoms with E-state index in [0.29, 0.717) is 18.3 Å². The van der Waals surface area contributed by atoms with Crippen LogP contribution < -0.4 is 5.32 Å². The van der Waals surface area contributed by atoms with Crippen molar-refractivity contribution in [2.24, 2.45) is 5.92 Å². The number of ether oxygens (including phenoxy) is 1. The third-order valence-electron chi connectivity index (χ3n) is 4.39. The highest BCUT2D eigenvalue weighted by molar-refractivity contribution is 5.08. The summed E-state index contributed by atoms with van der Waals surface area (Å²) in [5, 5.41) is 7.65. The van der Waals surface area contributed by atoms with E-state index in [4.69, 9.17) is 14.2 Å². The first-order chi connectivity index (χ1) is 10.1. The van der Waals surface area contributed by atoms with Gasteiger partial charge in [-0.05, 0) is 45.2 Å². The molecule has 21 heavy (non-hydrogen) atoms. The molecule has 5 nitrogen and oxygen atoms in total. The summed E-state index contributed by atoms with van der Waals surface area (Å²) in [6.45, 7) is 11.2. The molecular formula is C16H29N3O2. The van der Waals surface area contributed by atoms with Gasteiger partial charge in [0.2, 0.25) is 11.7 Å². The van der Waals surface area contributed by atoms with E-state index in [-0.39, 0.29) is 11.5 Å². The van der Waals surface area contributed by atoms with Gasteiger partial charge in [0.1, 0.15) is 6.10 Å². The Morgan fingerprint density at radius 3 is 2.57 bits per heavy atom. The number of hydrogen-bond acceptors (Lipinski definition) is 5.